The summed E-state index contributed by atoms with van der Waals surface area (Å²) in [4.78, 5) is 12.6. The van der Waals surface area contributed by atoms with Gasteiger partial charge in [0.2, 0.25) is 15.9 Å². The summed E-state index contributed by atoms with van der Waals surface area (Å²) in [5.41, 5.74) is -0.0596. The second-order valence-corrected chi connectivity index (χ2v) is 7.04. The Labute approximate surface area is 125 Å². The molecule has 1 aromatic carbocycles. The fraction of sp³-hybridized carbons (Fsp3) is 0.500. The minimum atomic E-state index is -3.51. The zero-order valence-corrected chi connectivity index (χ0v) is 13.1. The average Bonchev–Trinajstić information content (AvgIpc) is 2.97. The molecular formula is C14H21N3O3S. The molecule has 1 aliphatic rings. The monoisotopic (exact) mass is 311 g/mol. The zero-order chi connectivity index (χ0) is 15.5. The molecule has 0 radical (unpaired) electrons. The highest BCUT2D eigenvalue weighted by Crippen LogP contribution is 2.25. The van der Waals surface area contributed by atoms with Crippen molar-refractivity contribution in [2.75, 3.05) is 18.9 Å². The lowest BCUT2D eigenvalue weighted by Gasteiger charge is -2.26. The normalized spacial score (nSPS) is 22.2. The minimum Gasteiger partial charge on any atom is -0.324 e. The van der Waals surface area contributed by atoms with E-state index in [1.54, 1.807) is 12.1 Å². The Morgan fingerprint density at radius 3 is 2.76 bits per heavy atom. The summed E-state index contributed by atoms with van der Waals surface area (Å²) in [6, 6.07) is 6.25. The maximum atomic E-state index is 12.5. The van der Waals surface area contributed by atoms with E-state index < -0.39 is 15.6 Å². The van der Waals surface area contributed by atoms with E-state index in [-0.39, 0.29) is 10.8 Å². The highest BCUT2D eigenvalue weighted by molar-refractivity contribution is 7.89. The first-order valence-electron chi connectivity index (χ1n) is 7.03. The number of carbonyl (C=O) groups excluding carboxylic acids is 1. The topological polar surface area (TPSA) is 87.3 Å². The van der Waals surface area contributed by atoms with E-state index in [9.17, 15) is 13.2 Å². The molecule has 0 aromatic heterocycles. The van der Waals surface area contributed by atoms with Crippen LogP contribution in [0.15, 0.2) is 29.2 Å². The molecule has 21 heavy (non-hydrogen) atoms. The summed E-state index contributed by atoms with van der Waals surface area (Å²) in [6.07, 6.45) is 2.46. The number of rotatable bonds is 5. The van der Waals surface area contributed by atoms with Gasteiger partial charge < -0.3 is 10.6 Å². The lowest BCUT2D eigenvalue weighted by molar-refractivity contribution is -0.122. The highest BCUT2D eigenvalue weighted by atomic mass is 32.2. The van der Waals surface area contributed by atoms with Crippen molar-refractivity contribution >= 4 is 21.6 Å². The molecule has 1 amide bonds. The van der Waals surface area contributed by atoms with E-state index in [0.29, 0.717) is 12.1 Å². The zero-order valence-electron chi connectivity index (χ0n) is 12.3. The van der Waals surface area contributed by atoms with Crippen molar-refractivity contribution in [3.05, 3.63) is 24.3 Å². The highest BCUT2D eigenvalue weighted by Gasteiger charge is 2.39. The van der Waals surface area contributed by atoms with Gasteiger partial charge in [0, 0.05) is 5.69 Å². The van der Waals surface area contributed by atoms with E-state index >= 15 is 0 Å². The molecule has 116 valence electrons. The molecule has 1 aromatic rings. The standard InChI is InChI=1S/C14H21N3O3S/c1-3-14(8-5-9-16-14)13(18)17-11-6-4-7-12(10-11)21(19,20)15-2/h4,6-7,10,15-16H,3,5,8-9H2,1-2H3,(H,17,18). The summed E-state index contributed by atoms with van der Waals surface area (Å²) in [5, 5.41) is 6.07. The summed E-state index contributed by atoms with van der Waals surface area (Å²) >= 11 is 0. The molecule has 2 rings (SSSR count). The van der Waals surface area contributed by atoms with Gasteiger partial charge in [-0.2, -0.15) is 0 Å². The molecule has 0 aliphatic carbocycles. The molecule has 1 fully saturated rings. The van der Waals surface area contributed by atoms with Gasteiger partial charge in [-0.3, -0.25) is 4.79 Å². The van der Waals surface area contributed by atoms with Gasteiger partial charge in [0.1, 0.15) is 0 Å². The van der Waals surface area contributed by atoms with E-state index in [2.05, 4.69) is 15.4 Å². The number of anilines is 1. The van der Waals surface area contributed by atoms with Gasteiger partial charge in [-0.15, -0.1) is 0 Å². The third-order valence-corrected chi connectivity index (χ3v) is 5.36. The smallest absolute Gasteiger partial charge is 0.244 e. The van der Waals surface area contributed by atoms with Crippen LogP contribution in [0.4, 0.5) is 5.69 Å². The number of carbonyl (C=O) groups is 1. The van der Waals surface area contributed by atoms with Crippen LogP contribution in [0.3, 0.4) is 0 Å². The fourth-order valence-electron chi connectivity index (χ4n) is 2.57. The summed E-state index contributed by atoms with van der Waals surface area (Å²) in [6.45, 7) is 2.80. The van der Waals surface area contributed by atoms with Gasteiger partial charge in [-0.25, -0.2) is 13.1 Å². The molecule has 7 heteroatoms. The predicted octanol–water partition coefficient (Wildman–Crippen LogP) is 1.07. The predicted molar refractivity (Wildman–Crippen MR) is 81.6 cm³/mol. The van der Waals surface area contributed by atoms with Crippen LogP contribution in [-0.4, -0.2) is 33.5 Å². The number of sulfonamides is 1. The summed E-state index contributed by atoms with van der Waals surface area (Å²) in [7, 11) is -2.16. The van der Waals surface area contributed by atoms with Crippen LogP contribution in [0.5, 0.6) is 0 Å². The molecule has 1 heterocycles. The molecule has 1 aliphatic heterocycles. The van der Waals surface area contributed by atoms with Crippen LogP contribution in [0.2, 0.25) is 0 Å². The number of nitrogens with one attached hydrogen (secondary N) is 3. The Kier molecular flexibility index (Phi) is 4.65. The van der Waals surface area contributed by atoms with Crippen LogP contribution in [0.1, 0.15) is 26.2 Å². The van der Waals surface area contributed by atoms with Crippen LogP contribution < -0.4 is 15.4 Å². The molecule has 1 saturated heterocycles. The van der Waals surface area contributed by atoms with E-state index in [4.69, 9.17) is 0 Å². The molecule has 0 bridgehead atoms. The Morgan fingerprint density at radius 1 is 1.43 bits per heavy atom. The number of hydrogen-bond acceptors (Lipinski definition) is 4. The van der Waals surface area contributed by atoms with Gasteiger partial charge >= 0.3 is 0 Å². The van der Waals surface area contributed by atoms with Crippen LogP contribution >= 0.6 is 0 Å². The Bertz CT molecular complexity index is 622. The summed E-state index contributed by atoms with van der Waals surface area (Å²) in [5.74, 6) is -0.110. The molecular weight excluding hydrogens is 290 g/mol. The minimum absolute atomic E-state index is 0.110. The Morgan fingerprint density at radius 2 is 2.19 bits per heavy atom. The lowest BCUT2D eigenvalue weighted by Crippen LogP contribution is -2.50. The SMILES string of the molecule is CCC1(C(=O)Nc2cccc(S(=O)(=O)NC)c2)CCCN1. The maximum Gasteiger partial charge on any atom is 0.244 e. The van der Waals surface area contributed by atoms with E-state index in [1.165, 1.54) is 19.2 Å². The van der Waals surface area contributed by atoms with Gasteiger partial charge in [-0.1, -0.05) is 13.0 Å². The molecule has 6 nitrogen and oxygen atoms in total. The first-order chi connectivity index (χ1) is 9.93. The van der Waals surface area contributed by atoms with Crippen LogP contribution in [0.25, 0.3) is 0 Å². The van der Waals surface area contributed by atoms with Gasteiger partial charge in [0.15, 0.2) is 0 Å². The third kappa shape index (κ3) is 3.25. The summed E-state index contributed by atoms with van der Waals surface area (Å²) < 4.78 is 25.8. The fourth-order valence-corrected chi connectivity index (χ4v) is 3.35. The van der Waals surface area contributed by atoms with E-state index in [1.807, 2.05) is 6.92 Å². The second kappa shape index (κ2) is 6.13. The van der Waals surface area contributed by atoms with Crippen molar-refractivity contribution in [3.8, 4) is 0 Å². The van der Waals surface area contributed by atoms with Crippen LogP contribution in [0, 0.1) is 0 Å². The van der Waals surface area contributed by atoms with Gasteiger partial charge in [0.25, 0.3) is 0 Å². The van der Waals surface area contributed by atoms with Crippen molar-refractivity contribution in [2.45, 2.75) is 36.6 Å². The van der Waals surface area contributed by atoms with Gasteiger partial charge in [-0.05, 0) is 51.1 Å². The van der Waals surface area contributed by atoms with Crippen molar-refractivity contribution < 1.29 is 13.2 Å². The van der Waals surface area contributed by atoms with Crippen LogP contribution in [-0.2, 0) is 14.8 Å². The van der Waals surface area contributed by atoms with Gasteiger partial charge in [0.05, 0.1) is 10.4 Å². The molecule has 3 N–H and O–H groups in total. The quantitative estimate of drug-likeness (QED) is 0.759. The number of amides is 1. The molecule has 1 unspecified atom stereocenters. The first-order valence-corrected chi connectivity index (χ1v) is 8.52. The number of hydrogen-bond donors (Lipinski definition) is 3. The third-order valence-electron chi connectivity index (χ3n) is 3.95. The van der Waals surface area contributed by atoms with Crippen molar-refractivity contribution in [2.24, 2.45) is 0 Å². The Balaban J connectivity index is 2.20. The van der Waals surface area contributed by atoms with E-state index in [0.717, 1.165) is 19.4 Å². The largest absolute Gasteiger partial charge is 0.324 e. The Hall–Kier alpha value is -1.44. The van der Waals surface area contributed by atoms with Crippen molar-refractivity contribution in [1.29, 1.82) is 0 Å². The van der Waals surface area contributed by atoms with Crippen molar-refractivity contribution in [1.82, 2.24) is 10.0 Å². The molecule has 1 atom stereocenters. The maximum absolute atomic E-state index is 12.5. The molecule has 0 spiro atoms. The second-order valence-electron chi connectivity index (χ2n) is 5.16. The number of benzene rings is 1. The van der Waals surface area contributed by atoms with Crippen molar-refractivity contribution in [3.63, 3.8) is 0 Å². The lowest BCUT2D eigenvalue weighted by atomic mass is 9.93. The first kappa shape index (κ1) is 15.9. The average molecular weight is 311 g/mol. The molecule has 0 saturated carbocycles.